The highest BCUT2D eigenvalue weighted by Gasteiger charge is 2.54. The maximum atomic E-state index is 13.6. The maximum Gasteiger partial charge on any atom is 0.459 e. The van der Waals surface area contributed by atoms with E-state index in [-0.39, 0.29) is 19.0 Å². The second-order valence-electron chi connectivity index (χ2n) is 8.66. The number of esters is 1. The zero-order chi connectivity index (χ0) is 27.2. The highest BCUT2D eigenvalue weighted by atomic mass is 31.2. The summed E-state index contributed by atoms with van der Waals surface area (Å²) in [7, 11) is -2.80. The number of rotatable bonds is 12. The summed E-state index contributed by atoms with van der Waals surface area (Å²) in [5.41, 5.74) is -2.12. The van der Waals surface area contributed by atoms with Crippen LogP contribution in [0.15, 0.2) is 47.4 Å². The Balaban J connectivity index is 1.76. The Hall–Kier alpha value is -2.64. The summed E-state index contributed by atoms with van der Waals surface area (Å²) in [6.45, 7) is 4.01. The number of aliphatic hydroxyl groups is 2. The van der Waals surface area contributed by atoms with Gasteiger partial charge in [0.25, 0.3) is 0 Å². The summed E-state index contributed by atoms with van der Waals surface area (Å²) >= 11 is 0. The first kappa shape index (κ1) is 28.9. The molecule has 13 nitrogen and oxygen atoms in total. The van der Waals surface area contributed by atoms with Crippen LogP contribution in [0.5, 0.6) is 5.75 Å². The molecule has 0 saturated carbocycles. The van der Waals surface area contributed by atoms with Crippen LogP contribution in [-0.4, -0.2) is 76.5 Å². The molecule has 1 aromatic heterocycles. The second kappa shape index (κ2) is 12.3. The van der Waals surface area contributed by atoms with Crippen molar-refractivity contribution in [1.82, 2.24) is 14.6 Å². The van der Waals surface area contributed by atoms with Gasteiger partial charge in [-0.3, -0.25) is 13.9 Å². The number of benzene rings is 1. The molecule has 6 atom stereocenters. The summed E-state index contributed by atoms with van der Waals surface area (Å²) in [5, 5.41) is 24.2. The van der Waals surface area contributed by atoms with E-state index >= 15 is 0 Å². The first-order valence-corrected chi connectivity index (χ1v) is 13.1. The Kier molecular flexibility index (Phi) is 9.59. The van der Waals surface area contributed by atoms with Crippen molar-refractivity contribution in [3.63, 3.8) is 0 Å². The van der Waals surface area contributed by atoms with Crippen LogP contribution in [0, 0.1) is 6.92 Å². The number of nitrogens with zero attached hydrogens (tertiary/aromatic N) is 2. The number of aryl methyl sites for hydroxylation is 1. The highest BCUT2D eigenvalue weighted by molar-refractivity contribution is 7.52. The van der Waals surface area contributed by atoms with Crippen molar-refractivity contribution >= 4 is 13.7 Å². The molecule has 1 aliphatic heterocycles. The second-order valence-corrected chi connectivity index (χ2v) is 10.4. The average molecular weight is 541 g/mol. The number of hydrogen-bond donors (Lipinski definition) is 3. The number of carbonyl (C=O) groups is 1. The van der Waals surface area contributed by atoms with Gasteiger partial charge in [-0.25, -0.2) is 9.36 Å². The number of nitrogens with one attached hydrogen (secondary N) is 1. The molecule has 3 N–H and O–H groups in total. The standard InChI is InChI=1S/C23H32N3O10P/c1-15-10-11-26(22(29)24-15)21-23(3,30)19(27)18(35-21)14-34-37(31,36-17-8-6-5-7-9-17)25-16(2)20(28)33-13-12-32-4/h5-11,16,18-19,21,27,30H,12-14H2,1-4H3,(H,25,31)/t16-,18+,19+,21+,23+,37-/m0/s1. The van der Waals surface area contributed by atoms with E-state index in [2.05, 4.69) is 10.1 Å². The van der Waals surface area contributed by atoms with E-state index in [9.17, 15) is 24.4 Å². The molecular weight excluding hydrogens is 509 g/mol. The molecule has 2 aromatic rings. The van der Waals surface area contributed by atoms with Gasteiger partial charge in [-0.2, -0.15) is 10.1 Å². The van der Waals surface area contributed by atoms with Crippen LogP contribution in [0.4, 0.5) is 0 Å². The molecule has 204 valence electrons. The number of aromatic nitrogens is 2. The third-order valence-corrected chi connectivity index (χ3v) is 7.23. The molecule has 3 rings (SSSR count). The molecule has 0 radical (unpaired) electrons. The highest BCUT2D eigenvalue weighted by Crippen LogP contribution is 2.46. The number of carbonyl (C=O) groups excluding carboxylic acids is 1. The van der Waals surface area contributed by atoms with E-state index in [1.807, 2.05) is 0 Å². The van der Waals surface area contributed by atoms with Gasteiger partial charge in [0.2, 0.25) is 0 Å². The molecule has 0 aliphatic carbocycles. The van der Waals surface area contributed by atoms with Gasteiger partial charge >= 0.3 is 19.4 Å². The van der Waals surface area contributed by atoms with Gasteiger partial charge in [-0.05, 0) is 39.0 Å². The summed E-state index contributed by atoms with van der Waals surface area (Å²) < 4.78 is 41.4. The first-order valence-electron chi connectivity index (χ1n) is 11.5. The van der Waals surface area contributed by atoms with Gasteiger partial charge < -0.3 is 28.9 Å². The van der Waals surface area contributed by atoms with Gasteiger partial charge in [0.05, 0.1) is 13.2 Å². The molecule has 0 unspecified atom stereocenters. The summed E-state index contributed by atoms with van der Waals surface area (Å²) in [6, 6.07) is 8.57. The summed E-state index contributed by atoms with van der Waals surface area (Å²) in [5.74, 6) is -0.530. The topological polar surface area (TPSA) is 168 Å². The van der Waals surface area contributed by atoms with Gasteiger partial charge in [-0.1, -0.05) is 18.2 Å². The Bertz CT molecular complexity index is 1160. The number of ether oxygens (including phenoxy) is 3. The largest absolute Gasteiger partial charge is 0.462 e. The lowest BCUT2D eigenvalue weighted by Gasteiger charge is -2.27. The Morgan fingerprint density at radius 1 is 1.30 bits per heavy atom. The fourth-order valence-electron chi connectivity index (χ4n) is 3.58. The minimum atomic E-state index is -4.25. The van der Waals surface area contributed by atoms with Crippen molar-refractivity contribution in [3.05, 3.63) is 58.8 Å². The lowest BCUT2D eigenvalue weighted by atomic mass is 9.96. The molecule has 0 spiro atoms. The molecule has 1 aromatic carbocycles. The average Bonchev–Trinajstić information content (AvgIpc) is 3.07. The van der Waals surface area contributed by atoms with Crippen LogP contribution in [0.3, 0.4) is 0 Å². The lowest BCUT2D eigenvalue weighted by Crippen LogP contribution is -2.46. The Morgan fingerprint density at radius 3 is 2.65 bits per heavy atom. The van der Waals surface area contributed by atoms with E-state index in [1.54, 1.807) is 31.2 Å². The van der Waals surface area contributed by atoms with E-state index in [0.717, 1.165) is 4.57 Å². The molecule has 1 fully saturated rings. The van der Waals surface area contributed by atoms with Crippen LogP contribution in [0.2, 0.25) is 0 Å². The minimum absolute atomic E-state index is 0.00211. The van der Waals surface area contributed by atoms with Crippen molar-refractivity contribution in [2.75, 3.05) is 26.9 Å². The van der Waals surface area contributed by atoms with Crippen LogP contribution in [-0.2, 0) is 28.1 Å². The monoisotopic (exact) mass is 541 g/mol. The quantitative estimate of drug-likeness (QED) is 0.198. The molecule has 37 heavy (non-hydrogen) atoms. The van der Waals surface area contributed by atoms with Crippen molar-refractivity contribution < 1.29 is 42.8 Å². The molecule has 1 saturated heterocycles. The van der Waals surface area contributed by atoms with Gasteiger partial charge in [0.15, 0.2) is 6.23 Å². The molecule has 2 heterocycles. The third-order valence-electron chi connectivity index (χ3n) is 5.59. The number of methoxy groups -OCH3 is 1. The summed E-state index contributed by atoms with van der Waals surface area (Å²) in [6.07, 6.45) is -2.66. The fraction of sp³-hybridized carbons (Fsp3) is 0.522. The third kappa shape index (κ3) is 7.23. The van der Waals surface area contributed by atoms with Crippen molar-refractivity contribution in [2.24, 2.45) is 0 Å². The molecule has 0 amide bonds. The van der Waals surface area contributed by atoms with Crippen molar-refractivity contribution in [3.8, 4) is 5.75 Å². The maximum absolute atomic E-state index is 13.6. The van der Waals surface area contributed by atoms with Crippen LogP contribution in [0.25, 0.3) is 0 Å². The minimum Gasteiger partial charge on any atom is -0.462 e. The van der Waals surface area contributed by atoms with Crippen LogP contribution >= 0.6 is 7.75 Å². The predicted octanol–water partition coefficient (Wildman–Crippen LogP) is 0.932. The van der Waals surface area contributed by atoms with Gasteiger partial charge in [0.1, 0.15) is 36.2 Å². The number of hydrogen-bond acceptors (Lipinski definition) is 11. The van der Waals surface area contributed by atoms with Gasteiger partial charge in [-0.15, -0.1) is 0 Å². The normalized spacial score (nSPS) is 25.8. The van der Waals surface area contributed by atoms with E-state index in [4.69, 9.17) is 23.3 Å². The molecule has 14 heteroatoms. The number of para-hydroxylation sites is 1. The van der Waals surface area contributed by atoms with Crippen LogP contribution < -0.4 is 15.3 Å². The van der Waals surface area contributed by atoms with Crippen LogP contribution in [0.1, 0.15) is 25.8 Å². The molecule has 1 aliphatic rings. The smallest absolute Gasteiger partial charge is 0.459 e. The predicted molar refractivity (Wildman–Crippen MR) is 130 cm³/mol. The molecular formula is C23H32N3O10P. The Labute approximate surface area is 213 Å². The summed E-state index contributed by atoms with van der Waals surface area (Å²) in [4.78, 5) is 28.5. The molecule has 0 bridgehead atoms. The zero-order valence-corrected chi connectivity index (χ0v) is 21.9. The van der Waals surface area contributed by atoms with Crippen molar-refractivity contribution in [1.29, 1.82) is 0 Å². The SMILES string of the molecule is COCCOC(=O)[C@H](C)N[P@](=O)(OC[C@H]1O[C@@H](n2ccc(C)nc2=O)[C@](C)(O)[C@@H]1O)Oc1ccccc1. The first-order chi connectivity index (χ1) is 17.5. The van der Waals surface area contributed by atoms with Crippen molar-refractivity contribution in [2.45, 2.75) is 50.8 Å². The van der Waals surface area contributed by atoms with E-state index in [1.165, 1.54) is 39.3 Å². The van der Waals surface area contributed by atoms with E-state index in [0.29, 0.717) is 5.69 Å². The fourth-order valence-corrected chi connectivity index (χ4v) is 5.08. The van der Waals surface area contributed by atoms with Gasteiger partial charge in [0, 0.05) is 19.0 Å². The lowest BCUT2D eigenvalue weighted by molar-refractivity contribution is -0.146. The van der Waals surface area contributed by atoms with E-state index < -0.39 is 56.1 Å². The zero-order valence-electron chi connectivity index (χ0n) is 21.0. The Morgan fingerprint density at radius 2 is 2.00 bits per heavy atom. The number of aliphatic hydroxyl groups excluding tert-OH is 1.